The van der Waals surface area contributed by atoms with Crippen LogP contribution in [0.4, 0.5) is 17.6 Å². The molecule has 1 aromatic heterocycles. The third-order valence-corrected chi connectivity index (χ3v) is 4.87. The number of alkyl halides is 3. The van der Waals surface area contributed by atoms with E-state index in [2.05, 4.69) is 14.7 Å². The van der Waals surface area contributed by atoms with Crippen LogP contribution in [0.15, 0.2) is 34.9 Å². The van der Waals surface area contributed by atoms with E-state index in [0.29, 0.717) is 5.56 Å². The molecule has 1 amide bonds. The van der Waals surface area contributed by atoms with Crippen molar-refractivity contribution in [3.63, 3.8) is 0 Å². The van der Waals surface area contributed by atoms with E-state index in [4.69, 9.17) is 39.6 Å². The van der Waals surface area contributed by atoms with Gasteiger partial charge in [-0.05, 0) is 24.3 Å². The monoisotopic (exact) mass is 497 g/mol. The van der Waals surface area contributed by atoms with Gasteiger partial charge in [-0.25, -0.2) is 9.45 Å². The Balaban J connectivity index is 1.86. The number of rotatable bonds is 5. The molecule has 3 aromatic rings. The van der Waals surface area contributed by atoms with Crippen LogP contribution in [0.3, 0.4) is 0 Å². The van der Waals surface area contributed by atoms with Crippen molar-refractivity contribution in [2.24, 2.45) is 0 Å². The zero-order valence-corrected chi connectivity index (χ0v) is 17.6. The maximum Gasteiger partial charge on any atom is 0.471 e. The number of hydrogen-bond donors (Lipinski definition) is 0. The van der Waals surface area contributed by atoms with Crippen LogP contribution in [-0.2, 0) is 17.6 Å². The minimum absolute atomic E-state index is 0.124. The number of hydroxylamine groups is 2. The van der Waals surface area contributed by atoms with E-state index in [9.17, 15) is 22.4 Å². The summed E-state index contributed by atoms with van der Waals surface area (Å²) in [5.74, 6) is -4.01. The molecular formula is C18H10Cl3F4N3O3. The number of halogens is 7. The quantitative estimate of drug-likeness (QED) is 0.316. The summed E-state index contributed by atoms with van der Waals surface area (Å²) in [4.78, 5) is 20.9. The summed E-state index contributed by atoms with van der Waals surface area (Å²) in [5.41, 5.74) is -0.237. The summed E-state index contributed by atoms with van der Waals surface area (Å²) in [6.07, 6.45) is -4.84. The Bertz CT molecular complexity index is 1110. The molecule has 0 saturated carbocycles. The number of amides is 1. The minimum Gasteiger partial charge on any atom is -0.329 e. The van der Waals surface area contributed by atoms with Crippen LogP contribution < -0.4 is 0 Å². The molecule has 1 heterocycles. The number of hydrogen-bond acceptors (Lipinski definition) is 5. The van der Waals surface area contributed by atoms with Crippen LogP contribution in [-0.4, -0.2) is 28.2 Å². The summed E-state index contributed by atoms with van der Waals surface area (Å²) in [7, 11) is 1.18. The van der Waals surface area contributed by atoms with Gasteiger partial charge in [-0.1, -0.05) is 46.0 Å². The Morgan fingerprint density at radius 1 is 1.16 bits per heavy atom. The van der Waals surface area contributed by atoms with Crippen LogP contribution in [0.2, 0.25) is 15.1 Å². The Labute approximate surface area is 187 Å². The maximum absolute atomic E-state index is 14.6. The molecule has 0 radical (unpaired) electrons. The standard InChI is InChI=1S/C18H10Cl3F4N3O3/c1-30-28(7-11-12(20)5-9(19)6-13(11)21)16(29)10-3-2-8(4-14(10)22)15-26-17(31-27-15)18(23,24)25/h2-6H,7H2,1H3. The first-order valence-electron chi connectivity index (χ1n) is 8.21. The lowest BCUT2D eigenvalue weighted by atomic mass is 10.1. The van der Waals surface area contributed by atoms with Crippen molar-refractivity contribution in [2.45, 2.75) is 12.7 Å². The summed E-state index contributed by atoms with van der Waals surface area (Å²) in [5, 5.41) is 4.59. The Morgan fingerprint density at radius 2 is 1.81 bits per heavy atom. The van der Waals surface area contributed by atoms with E-state index < -0.39 is 35.2 Å². The number of carbonyl (C=O) groups excluding carboxylic acids is 1. The van der Waals surface area contributed by atoms with Crippen molar-refractivity contribution in [2.75, 3.05) is 7.11 Å². The molecule has 0 fully saturated rings. The van der Waals surface area contributed by atoms with E-state index >= 15 is 0 Å². The van der Waals surface area contributed by atoms with Gasteiger partial charge in [0, 0.05) is 26.2 Å². The van der Waals surface area contributed by atoms with Crippen molar-refractivity contribution < 1.29 is 31.7 Å². The van der Waals surface area contributed by atoms with E-state index in [0.717, 1.165) is 23.3 Å². The van der Waals surface area contributed by atoms with Gasteiger partial charge in [-0.15, -0.1) is 0 Å². The predicted molar refractivity (Wildman–Crippen MR) is 103 cm³/mol. The van der Waals surface area contributed by atoms with Gasteiger partial charge in [0.2, 0.25) is 5.82 Å². The molecule has 0 N–H and O–H groups in total. The second-order valence-corrected chi connectivity index (χ2v) is 7.24. The normalized spacial score (nSPS) is 11.6. The van der Waals surface area contributed by atoms with Crippen molar-refractivity contribution in [1.82, 2.24) is 15.2 Å². The van der Waals surface area contributed by atoms with Crippen LogP contribution >= 0.6 is 34.8 Å². The highest BCUT2D eigenvalue weighted by atomic mass is 35.5. The first kappa shape index (κ1) is 23.3. The fraction of sp³-hybridized carbons (Fsp3) is 0.167. The van der Waals surface area contributed by atoms with Crippen molar-refractivity contribution >= 4 is 40.7 Å². The van der Waals surface area contributed by atoms with Gasteiger partial charge in [-0.2, -0.15) is 18.2 Å². The lowest BCUT2D eigenvalue weighted by molar-refractivity contribution is -0.159. The van der Waals surface area contributed by atoms with Gasteiger partial charge in [0.1, 0.15) is 5.82 Å². The molecule has 0 aliphatic carbocycles. The second kappa shape index (κ2) is 8.99. The number of aromatic nitrogens is 2. The zero-order valence-electron chi connectivity index (χ0n) is 15.3. The predicted octanol–water partition coefficient (Wildman–Crippen LogP) is 6.06. The molecular weight excluding hydrogens is 489 g/mol. The first-order chi connectivity index (χ1) is 14.5. The summed E-state index contributed by atoms with van der Waals surface area (Å²) in [6.45, 7) is -0.231. The molecule has 6 nitrogen and oxygen atoms in total. The number of nitrogens with zero attached hydrogens (tertiary/aromatic N) is 3. The van der Waals surface area contributed by atoms with E-state index in [-0.39, 0.29) is 27.2 Å². The third-order valence-electron chi connectivity index (χ3n) is 3.98. The minimum atomic E-state index is -4.84. The molecule has 0 unspecified atom stereocenters. The van der Waals surface area contributed by atoms with Crippen molar-refractivity contribution in [1.29, 1.82) is 0 Å². The molecule has 0 bridgehead atoms. The first-order valence-corrected chi connectivity index (χ1v) is 9.35. The highest BCUT2D eigenvalue weighted by Crippen LogP contribution is 2.32. The van der Waals surface area contributed by atoms with Crippen molar-refractivity contribution in [3.05, 3.63) is 68.2 Å². The lowest BCUT2D eigenvalue weighted by Gasteiger charge is -2.21. The van der Waals surface area contributed by atoms with Gasteiger partial charge < -0.3 is 4.52 Å². The van der Waals surface area contributed by atoms with Crippen LogP contribution in [0.25, 0.3) is 11.4 Å². The molecule has 164 valence electrons. The molecule has 0 saturated heterocycles. The largest absolute Gasteiger partial charge is 0.471 e. The fourth-order valence-corrected chi connectivity index (χ4v) is 3.44. The number of benzene rings is 2. The summed E-state index contributed by atoms with van der Waals surface area (Å²) in [6, 6.07) is 5.84. The molecule has 0 aliphatic heterocycles. The highest BCUT2D eigenvalue weighted by molar-refractivity contribution is 6.39. The molecule has 2 aromatic carbocycles. The Morgan fingerprint density at radius 3 is 2.32 bits per heavy atom. The summed E-state index contributed by atoms with van der Waals surface area (Å²) >= 11 is 18.1. The average Bonchev–Trinajstić information content (AvgIpc) is 3.18. The molecule has 31 heavy (non-hydrogen) atoms. The van der Waals surface area contributed by atoms with Crippen LogP contribution in [0.1, 0.15) is 21.8 Å². The van der Waals surface area contributed by atoms with Crippen molar-refractivity contribution in [3.8, 4) is 11.4 Å². The van der Waals surface area contributed by atoms with Gasteiger partial charge >= 0.3 is 12.1 Å². The smallest absolute Gasteiger partial charge is 0.329 e. The van der Waals surface area contributed by atoms with E-state index in [1.807, 2.05) is 0 Å². The van der Waals surface area contributed by atoms with Gasteiger partial charge in [-0.3, -0.25) is 9.63 Å². The average molecular weight is 499 g/mol. The van der Waals surface area contributed by atoms with E-state index in [1.54, 1.807) is 0 Å². The fourth-order valence-electron chi connectivity index (χ4n) is 2.50. The second-order valence-electron chi connectivity index (χ2n) is 5.99. The molecule has 0 spiro atoms. The van der Waals surface area contributed by atoms with Crippen LogP contribution in [0.5, 0.6) is 0 Å². The zero-order chi connectivity index (χ0) is 22.9. The van der Waals surface area contributed by atoms with Gasteiger partial charge in [0.05, 0.1) is 19.2 Å². The Kier molecular flexibility index (Phi) is 6.75. The highest BCUT2D eigenvalue weighted by Gasteiger charge is 2.38. The van der Waals surface area contributed by atoms with E-state index in [1.165, 1.54) is 19.2 Å². The molecule has 0 atom stereocenters. The Hall–Kier alpha value is -2.40. The number of carbonyl (C=O) groups is 1. The topological polar surface area (TPSA) is 68.5 Å². The molecule has 0 aliphatic rings. The van der Waals surface area contributed by atoms with Gasteiger partial charge in [0.25, 0.3) is 5.91 Å². The molecule has 13 heteroatoms. The third kappa shape index (κ3) is 5.09. The maximum atomic E-state index is 14.6. The SMILES string of the molecule is CON(Cc1c(Cl)cc(Cl)cc1Cl)C(=O)c1ccc(-c2noc(C(F)(F)F)n2)cc1F. The van der Waals surface area contributed by atoms with Gasteiger partial charge in [0.15, 0.2) is 0 Å². The van der Waals surface area contributed by atoms with Crippen LogP contribution in [0, 0.1) is 5.82 Å². The summed E-state index contributed by atoms with van der Waals surface area (Å²) < 4.78 is 56.5. The lowest BCUT2D eigenvalue weighted by Crippen LogP contribution is -2.30. The molecule has 3 rings (SSSR count).